The molecule has 0 aromatic carbocycles. The first-order valence-electron chi connectivity index (χ1n) is 5.31. The third-order valence-corrected chi connectivity index (χ3v) is 2.95. The van der Waals surface area contributed by atoms with E-state index in [4.69, 9.17) is 0 Å². The summed E-state index contributed by atoms with van der Waals surface area (Å²) in [7, 11) is 0. The Hall–Kier alpha value is -1.20. The molecule has 0 amide bonds. The Balaban J connectivity index is 0.000000963. The molecule has 0 radical (unpaired) electrons. The van der Waals surface area contributed by atoms with Gasteiger partial charge in [0.15, 0.2) is 5.65 Å². The Bertz CT molecular complexity index is 463. The minimum absolute atomic E-state index is 0. The Kier molecular flexibility index (Phi) is 3.36. The number of nitrogens with one attached hydrogen (secondary N) is 2. The van der Waals surface area contributed by atoms with Crippen molar-refractivity contribution in [2.45, 2.75) is 18.8 Å². The highest BCUT2D eigenvalue weighted by Crippen LogP contribution is 2.27. The van der Waals surface area contributed by atoms with Gasteiger partial charge in [0, 0.05) is 18.3 Å². The molecule has 5 nitrogen and oxygen atoms in total. The van der Waals surface area contributed by atoms with Crippen LogP contribution in [0.1, 0.15) is 24.5 Å². The molecule has 1 saturated heterocycles. The monoisotopic (exact) mass is 239 g/mol. The van der Waals surface area contributed by atoms with E-state index in [0.717, 1.165) is 42.8 Å². The Morgan fingerprint density at radius 2 is 1.88 bits per heavy atom. The highest BCUT2D eigenvalue weighted by Gasteiger charge is 2.20. The first-order chi connectivity index (χ1) is 7.45. The molecule has 2 aromatic rings. The van der Waals surface area contributed by atoms with E-state index >= 15 is 0 Å². The predicted octanol–water partition coefficient (Wildman–Crippen LogP) is 1.24. The molecule has 16 heavy (non-hydrogen) atoms. The predicted molar refractivity (Wildman–Crippen MR) is 63.8 cm³/mol. The van der Waals surface area contributed by atoms with Crippen molar-refractivity contribution in [3.05, 3.63) is 18.1 Å². The average molecular weight is 240 g/mol. The molecule has 0 aliphatic carbocycles. The van der Waals surface area contributed by atoms with Crippen molar-refractivity contribution in [1.29, 1.82) is 0 Å². The fourth-order valence-corrected chi connectivity index (χ4v) is 2.15. The van der Waals surface area contributed by atoms with Gasteiger partial charge >= 0.3 is 0 Å². The maximum Gasteiger partial charge on any atom is 0.174 e. The lowest BCUT2D eigenvalue weighted by Crippen LogP contribution is -2.26. The number of aromatic amines is 1. The van der Waals surface area contributed by atoms with Gasteiger partial charge in [0.25, 0.3) is 0 Å². The summed E-state index contributed by atoms with van der Waals surface area (Å²) in [5.41, 5.74) is 2.81. The molecule has 1 aliphatic heterocycles. The van der Waals surface area contributed by atoms with Crippen LogP contribution in [-0.2, 0) is 0 Å². The minimum atomic E-state index is 0. The van der Waals surface area contributed by atoms with Gasteiger partial charge in [0.2, 0.25) is 0 Å². The van der Waals surface area contributed by atoms with Crippen LogP contribution in [0, 0.1) is 0 Å². The summed E-state index contributed by atoms with van der Waals surface area (Å²) >= 11 is 0. The van der Waals surface area contributed by atoms with Gasteiger partial charge in [-0.05, 0) is 25.9 Å². The third kappa shape index (κ3) is 1.88. The first-order valence-corrected chi connectivity index (χ1v) is 5.31. The average Bonchev–Trinajstić information content (AvgIpc) is 2.74. The zero-order valence-corrected chi connectivity index (χ0v) is 9.63. The van der Waals surface area contributed by atoms with Crippen LogP contribution in [-0.4, -0.2) is 33.3 Å². The van der Waals surface area contributed by atoms with Gasteiger partial charge in [0.05, 0.1) is 5.69 Å². The number of rotatable bonds is 1. The molecule has 86 valence electrons. The van der Waals surface area contributed by atoms with E-state index in [2.05, 4.69) is 25.5 Å². The molecule has 2 N–H and O–H groups in total. The second kappa shape index (κ2) is 4.76. The number of hydrogen-bond donors (Lipinski definition) is 2. The van der Waals surface area contributed by atoms with E-state index in [1.165, 1.54) is 0 Å². The largest absolute Gasteiger partial charge is 0.317 e. The smallest absolute Gasteiger partial charge is 0.174 e. The van der Waals surface area contributed by atoms with Crippen LogP contribution >= 0.6 is 12.4 Å². The van der Waals surface area contributed by atoms with Gasteiger partial charge in [0.1, 0.15) is 5.52 Å². The van der Waals surface area contributed by atoms with Gasteiger partial charge in [-0.1, -0.05) is 0 Å². The molecule has 3 heterocycles. The number of halogens is 1. The molecule has 0 bridgehead atoms. The van der Waals surface area contributed by atoms with Crippen molar-refractivity contribution in [2.24, 2.45) is 0 Å². The van der Waals surface area contributed by atoms with Crippen molar-refractivity contribution < 1.29 is 0 Å². The Morgan fingerprint density at radius 1 is 1.12 bits per heavy atom. The molecule has 1 aliphatic rings. The topological polar surface area (TPSA) is 66.5 Å². The normalized spacial score (nSPS) is 17.2. The quantitative estimate of drug-likeness (QED) is 0.786. The van der Waals surface area contributed by atoms with Crippen molar-refractivity contribution >= 4 is 23.6 Å². The lowest BCUT2D eigenvalue weighted by molar-refractivity contribution is 0.454. The fourth-order valence-electron chi connectivity index (χ4n) is 2.15. The molecule has 2 aromatic heterocycles. The van der Waals surface area contributed by atoms with E-state index in [-0.39, 0.29) is 12.4 Å². The summed E-state index contributed by atoms with van der Waals surface area (Å²) in [5, 5.41) is 10.6. The highest BCUT2D eigenvalue weighted by molar-refractivity contribution is 5.85. The summed E-state index contributed by atoms with van der Waals surface area (Å²) < 4.78 is 0. The fraction of sp³-hybridized carbons (Fsp3) is 0.500. The number of fused-ring (bicyclic) bond motifs is 1. The summed E-state index contributed by atoms with van der Waals surface area (Å²) in [5.74, 6) is 0.525. The van der Waals surface area contributed by atoms with E-state index in [0.29, 0.717) is 5.92 Å². The van der Waals surface area contributed by atoms with Crippen LogP contribution in [0.2, 0.25) is 0 Å². The van der Waals surface area contributed by atoms with E-state index in [1.54, 1.807) is 12.4 Å². The second-order valence-corrected chi connectivity index (χ2v) is 3.89. The molecular weight excluding hydrogens is 226 g/mol. The van der Waals surface area contributed by atoms with Gasteiger partial charge in [-0.15, -0.1) is 12.4 Å². The van der Waals surface area contributed by atoms with E-state index < -0.39 is 0 Å². The summed E-state index contributed by atoms with van der Waals surface area (Å²) in [6, 6.07) is 0. The number of hydrogen-bond acceptors (Lipinski definition) is 4. The molecule has 1 fully saturated rings. The molecule has 0 atom stereocenters. The number of aromatic nitrogens is 4. The zero-order valence-electron chi connectivity index (χ0n) is 8.81. The van der Waals surface area contributed by atoms with Crippen LogP contribution in [0.5, 0.6) is 0 Å². The Morgan fingerprint density at radius 3 is 2.69 bits per heavy atom. The van der Waals surface area contributed by atoms with Crippen molar-refractivity contribution in [2.75, 3.05) is 13.1 Å². The van der Waals surface area contributed by atoms with E-state index in [9.17, 15) is 0 Å². The van der Waals surface area contributed by atoms with Crippen LogP contribution in [0.15, 0.2) is 12.4 Å². The summed E-state index contributed by atoms with van der Waals surface area (Å²) in [6.45, 7) is 2.14. The van der Waals surface area contributed by atoms with Crippen molar-refractivity contribution in [3.8, 4) is 0 Å². The van der Waals surface area contributed by atoms with Crippen LogP contribution < -0.4 is 5.32 Å². The molecule has 0 spiro atoms. The maximum atomic E-state index is 4.34. The van der Waals surface area contributed by atoms with Crippen LogP contribution in [0.25, 0.3) is 11.2 Å². The van der Waals surface area contributed by atoms with Gasteiger partial charge in [-0.2, -0.15) is 5.10 Å². The number of H-pyrrole nitrogens is 1. The maximum absolute atomic E-state index is 4.34. The molecular formula is C10H14ClN5. The van der Waals surface area contributed by atoms with Crippen LogP contribution in [0.3, 0.4) is 0 Å². The first kappa shape index (κ1) is 11.3. The number of nitrogens with zero attached hydrogens (tertiary/aromatic N) is 3. The summed E-state index contributed by atoms with van der Waals surface area (Å²) in [6.07, 6.45) is 5.68. The van der Waals surface area contributed by atoms with Gasteiger partial charge in [-0.3, -0.25) is 5.10 Å². The SMILES string of the molecule is Cl.c1cnc2c(C3CCNCC3)n[nH]c2n1. The lowest BCUT2D eigenvalue weighted by Gasteiger charge is -2.20. The van der Waals surface area contributed by atoms with Crippen molar-refractivity contribution in [1.82, 2.24) is 25.5 Å². The molecule has 0 saturated carbocycles. The second-order valence-electron chi connectivity index (χ2n) is 3.89. The number of piperidine rings is 1. The lowest BCUT2D eigenvalue weighted by atomic mass is 9.94. The minimum Gasteiger partial charge on any atom is -0.317 e. The third-order valence-electron chi connectivity index (χ3n) is 2.95. The zero-order chi connectivity index (χ0) is 10.1. The Labute approximate surface area is 99.5 Å². The van der Waals surface area contributed by atoms with Gasteiger partial charge in [-0.25, -0.2) is 9.97 Å². The standard InChI is InChI=1S/C10H13N5.ClH/c1-3-11-4-2-7(1)8-9-10(15-14-8)13-6-5-12-9;/h5-7,11H,1-4H2,(H,13,14,15);1H. The van der Waals surface area contributed by atoms with E-state index in [1.807, 2.05) is 0 Å². The van der Waals surface area contributed by atoms with Crippen molar-refractivity contribution in [3.63, 3.8) is 0 Å². The van der Waals surface area contributed by atoms with Crippen LogP contribution in [0.4, 0.5) is 0 Å². The highest BCUT2D eigenvalue weighted by atomic mass is 35.5. The summed E-state index contributed by atoms with van der Waals surface area (Å²) in [4.78, 5) is 8.54. The molecule has 6 heteroatoms. The molecule has 3 rings (SSSR count). The molecule has 0 unspecified atom stereocenters. The van der Waals surface area contributed by atoms with Gasteiger partial charge < -0.3 is 5.32 Å².